The van der Waals surface area contributed by atoms with Crippen molar-refractivity contribution in [1.82, 2.24) is 4.98 Å². The van der Waals surface area contributed by atoms with Gasteiger partial charge in [-0.1, -0.05) is 19.9 Å². The van der Waals surface area contributed by atoms with Crippen molar-refractivity contribution in [2.45, 2.75) is 63.6 Å². The number of hydrogen-bond acceptors (Lipinski definition) is 7. The second kappa shape index (κ2) is 7.73. The summed E-state index contributed by atoms with van der Waals surface area (Å²) in [7, 11) is 0. The minimum Gasteiger partial charge on any atom is -0.499 e. The number of thiazole rings is 1. The first-order valence-electron chi connectivity index (χ1n) is 11.6. The van der Waals surface area contributed by atoms with Crippen LogP contribution in [0.1, 0.15) is 50.5 Å². The number of thiocarbonyl (C=S) groups is 1. The van der Waals surface area contributed by atoms with Gasteiger partial charge in [0.25, 0.3) is 0 Å². The average molecular weight is 524 g/mol. The van der Waals surface area contributed by atoms with Crippen LogP contribution in [0, 0.1) is 28.6 Å². The van der Waals surface area contributed by atoms with Gasteiger partial charge in [0.1, 0.15) is 6.17 Å². The van der Waals surface area contributed by atoms with Gasteiger partial charge < -0.3 is 14.9 Å². The standard InChI is InChI=1S/C25H27F2NO5S2/c1-12-6-14-15-8-17(26)16-7-13(29)4-5-22(16,2)24(15,27)19(30)9-23(14,3)25(12,21(32)34)33-20(31)18-10-35-11-28-18/h4-5,7,10-12,14-15,17,19,30H,6,8-9H2,1-3H3,(H,32,34)/t12-,14+,15+,17+,19+,22+,23+,24+,25-/m1/s1. The zero-order valence-electron chi connectivity index (χ0n) is 19.5. The number of esters is 1. The largest absolute Gasteiger partial charge is 0.499 e. The fraction of sp³-hybridized carbons (Fsp3) is 0.600. The Morgan fingerprint density at radius 3 is 2.66 bits per heavy atom. The lowest BCUT2D eigenvalue weighted by molar-refractivity contribution is -0.215. The van der Waals surface area contributed by atoms with E-state index in [-0.39, 0.29) is 24.1 Å². The molecular formula is C25H27F2NO5S2. The molecule has 0 unspecified atom stereocenters. The van der Waals surface area contributed by atoms with Crippen molar-refractivity contribution < 1.29 is 33.3 Å². The van der Waals surface area contributed by atoms with E-state index in [9.17, 15) is 19.8 Å². The Bertz CT molecular complexity index is 1170. The van der Waals surface area contributed by atoms with E-state index in [1.54, 1.807) is 13.8 Å². The van der Waals surface area contributed by atoms with E-state index in [2.05, 4.69) is 4.98 Å². The summed E-state index contributed by atoms with van der Waals surface area (Å²) in [6, 6.07) is 0. The highest BCUT2D eigenvalue weighted by atomic mass is 32.1. The van der Waals surface area contributed by atoms with Gasteiger partial charge in [0, 0.05) is 28.0 Å². The average Bonchev–Trinajstić information content (AvgIpc) is 3.39. The highest BCUT2D eigenvalue weighted by Crippen LogP contribution is 2.71. The Hall–Kier alpha value is -2.04. The zero-order chi connectivity index (χ0) is 25.6. The van der Waals surface area contributed by atoms with E-state index in [1.807, 2.05) is 0 Å². The van der Waals surface area contributed by atoms with E-state index in [0.29, 0.717) is 6.42 Å². The molecule has 35 heavy (non-hydrogen) atoms. The number of aliphatic hydroxyl groups excluding tert-OH is 2. The highest BCUT2D eigenvalue weighted by molar-refractivity contribution is 7.80. The van der Waals surface area contributed by atoms with Gasteiger partial charge >= 0.3 is 5.97 Å². The predicted octanol–water partition coefficient (Wildman–Crippen LogP) is 4.49. The number of hydrogen-bond donors (Lipinski definition) is 2. The third kappa shape index (κ3) is 2.93. The van der Waals surface area contributed by atoms with Gasteiger partial charge in [-0.2, -0.15) is 0 Å². The number of carbonyl (C=O) groups is 2. The van der Waals surface area contributed by atoms with Gasteiger partial charge in [-0.25, -0.2) is 18.6 Å². The lowest BCUT2D eigenvalue weighted by atomic mass is 9.44. The number of allylic oxidation sites excluding steroid dienone is 4. The number of carbonyl (C=O) groups excluding carboxylic acids is 2. The molecular weight excluding hydrogens is 496 g/mol. The number of rotatable bonds is 3. The molecule has 10 heteroatoms. The Balaban J connectivity index is 1.62. The van der Waals surface area contributed by atoms with Crippen LogP contribution in [0.3, 0.4) is 0 Å². The number of aromatic nitrogens is 1. The number of fused-ring (bicyclic) bond motifs is 5. The SMILES string of the molecule is C[C@@H]1C[C@H]2[C@@H]3C[C@H](F)C4=CC(=O)C=C[C@]4(C)[C@@]3(F)[C@@H](O)C[C@]2(C)[C@]1(OC(=O)c1cscn1)C(O)=S. The first-order chi connectivity index (χ1) is 16.3. The molecule has 0 aromatic carbocycles. The van der Waals surface area contributed by atoms with Crippen LogP contribution in [0.2, 0.25) is 0 Å². The summed E-state index contributed by atoms with van der Waals surface area (Å²) in [6.45, 7) is 5.01. The fourth-order valence-electron chi connectivity index (χ4n) is 7.75. The van der Waals surface area contributed by atoms with Crippen molar-refractivity contribution in [3.8, 4) is 0 Å². The number of halogens is 2. The zero-order valence-corrected chi connectivity index (χ0v) is 21.2. The normalized spacial score (nSPS) is 46.3. The summed E-state index contributed by atoms with van der Waals surface area (Å²) in [5, 5.41) is 23.2. The van der Waals surface area contributed by atoms with E-state index in [0.717, 1.165) is 6.08 Å². The molecule has 0 spiro atoms. The Morgan fingerprint density at radius 2 is 2.03 bits per heavy atom. The maximum Gasteiger partial charge on any atom is 0.358 e. The topological polar surface area (TPSA) is 96.7 Å². The van der Waals surface area contributed by atoms with E-state index in [1.165, 1.54) is 41.3 Å². The molecule has 1 heterocycles. The summed E-state index contributed by atoms with van der Waals surface area (Å²) in [4.78, 5) is 28.9. The Labute approximate surface area is 211 Å². The molecule has 0 saturated heterocycles. The fourth-order valence-corrected chi connectivity index (χ4v) is 8.75. The number of ether oxygens (including phenoxy) is 1. The van der Waals surface area contributed by atoms with Crippen LogP contribution in [0.25, 0.3) is 0 Å². The summed E-state index contributed by atoms with van der Waals surface area (Å²) < 4.78 is 38.8. The van der Waals surface area contributed by atoms with Crippen LogP contribution >= 0.6 is 23.6 Å². The first-order valence-corrected chi connectivity index (χ1v) is 13.0. The summed E-state index contributed by atoms with van der Waals surface area (Å²) in [5.74, 6) is -3.26. The minimum atomic E-state index is -2.27. The molecule has 3 saturated carbocycles. The van der Waals surface area contributed by atoms with Gasteiger partial charge in [0.05, 0.1) is 11.6 Å². The molecule has 6 nitrogen and oxygen atoms in total. The van der Waals surface area contributed by atoms with Gasteiger partial charge in [0.2, 0.25) is 5.05 Å². The van der Waals surface area contributed by atoms with Gasteiger partial charge in [-0.15, -0.1) is 11.3 Å². The molecule has 1 aromatic heterocycles. The lowest BCUT2D eigenvalue weighted by Crippen LogP contribution is -2.70. The van der Waals surface area contributed by atoms with E-state index in [4.69, 9.17) is 17.0 Å². The maximum atomic E-state index is 17.3. The quantitative estimate of drug-likeness (QED) is 0.445. The van der Waals surface area contributed by atoms with Crippen molar-refractivity contribution in [2.75, 3.05) is 0 Å². The second-order valence-corrected chi connectivity index (χ2v) is 11.9. The number of alkyl halides is 2. The summed E-state index contributed by atoms with van der Waals surface area (Å²) in [5.41, 5.74) is -5.09. The number of ketones is 1. The van der Waals surface area contributed by atoms with Crippen LogP contribution in [0.15, 0.2) is 34.7 Å². The molecule has 5 rings (SSSR count). The molecule has 1 aromatic rings. The highest BCUT2D eigenvalue weighted by Gasteiger charge is 2.77. The number of nitrogens with zero attached hydrogens (tertiary/aromatic N) is 1. The third-order valence-corrected chi connectivity index (χ3v) is 10.3. The van der Waals surface area contributed by atoms with Gasteiger partial charge in [0.15, 0.2) is 22.7 Å². The maximum absolute atomic E-state index is 17.3. The van der Waals surface area contributed by atoms with Crippen molar-refractivity contribution in [1.29, 1.82) is 0 Å². The van der Waals surface area contributed by atoms with Crippen LogP contribution in [0.5, 0.6) is 0 Å². The predicted molar refractivity (Wildman–Crippen MR) is 129 cm³/mol. The van der Waals surface area contributed by atoms with Gasteiger partial charge in [-0.05, 0) is 62.0 Å². The molecule has 0 radical (unpaired) electrons. The summed E-state index contributed by atoms with van der Waals surface area (Å²) in [6.07, 6.45) is 0.447. The Morgan fingerprint density at radius 1 is 1.31 bits per heavy atom. The van der Waals surface area contributed by atoms with Crippen LogP contribution in [0.4, 0.5) is 8.78 Å². The first kappa shape index (κ1) is 24.6. The van der Waals surface area contributed by atoms with Crippen molar-refractivity contribution in [3.63, 3.8) is 0 Å². The monoisotopic (exact) mass is 523 g/mol. The third-order valence-electron chi connectivity index (χ3n) is 9.38. The molecule has 4 aliphatic carbocycles. The van der Waals surface area contributed by atoms with Crippen molar-refractivity contribution >= 4 is 40.4 Å². The summed E-state index contributed by atoms with van der Waals surface area (Å²) >= 11 is 6.46. The van der Waals surface area contributed by atoms with E-state index < -0.39 is 68.9 Å². The molecule has 2 N–H and O–H groups in total. The van der Waals surface area contributed by atoms with Crippen molar-refractivity contribution in [3.05, 3.63) is 40.4 Å². The second-order valence-electron chi connectivity index (χ2n) is 10.8. The van der Waals surface area contributed by atoms with Gasteiger partial charge in [-0.3, -0.25) is 4.79 Å². The van der Waals surface area contributed by atoms with Crippen LogP contribution in [-0.4, -0.2) is 55.5 Å². The Kier molecular flexibility index (Phi) is 5.44. The van der Waals surface area contributed by atoms with Crippen LogP contribution < -0.4 is 0 Å². The molecule has 188 valence electrons. The molecule has 3 fully saturated rings. The number of aliphatic hydroxyl groups is 2. The van der Waals surface area contributed by atoms with E-state index >= 15 is 8.78 Å². The van der Waals surface area contributed by atoms with Crippen molar-refractivity contribution in [2.24, 2.45) is 28.6 Å². The molecule has 0 bridgehead atoms. The molecule has 9 atom stereocenters. The van der Waals surface area contributed by atoms with Crippen LogP contribution in [-0.2, 0) is 9.53 Å². The minimum absolute atomic E-state index is 0.0383. The smallest absolute Gasteiger partial charge is 0.358 e. The molecule has 4 aliphatic rings. The lowest BCUT2D eigenvalue weighted by Gasteiger charge is -2.63. The molecule has 0 amide bonds. The molecule has 0 aliphatic heterocycles.